The van der Waals surface area contributed by atoms with Crippen LogP contribution in [0.5, 0.6) is 0 Å². The molecule has 3 N–H and O–H groups in total. The highest BCUT2D eigenvalue weighted by atomic mass is 35.5. The lowest BCUT2D eigenvalue weighted by atomic mass is 10.2. The minimum Gasteiger partial charge on any atom is -0.335 e. The lowest BCUT2D eigenvalue weighted by Crippen LogP contribution is -2.44. The molecule has 1 aliphatic rings. The van der Waals surface area contributed by atoms with Crippen molar-refractivity contribution in [1.29, 1.82) is 0 Å². The number of fused-ring (bicyclic) bond motifs is 1. The maximum Gasteiger partial charge on any atom is 0.321 e. The van der Waals surface area contributed by atoms with Gasteiger partial charge in [0.1, 0.15) is 5.39 Å². The number of amides is 3. The number of aromatic amines is 1. The molecule has 0 bridgehead atoms. The summed E-state index contributed by atoms with van der Waals surface area (Å²) in [7, 11) is 0. The molecule has 1 fully saturated rings. The van der Waals surface area contributed by atoms with E-state index in [-0.39, 0.29) is 22.5 Å². The summed E-state index contributed by atoms with van der Waals surface area (Å²) < 4.78 is 1.51. The second-order valence-corrected chi connectivity index (χ2v) is 8.34. The van der Waals surface area contributed by atoms with Gasteiger partial charge in [-0.2, -0.15) is 5.10 Å². The zero-order valence-corrected chi connectivity index (χ0v) is 17.4. The van der Waals surface area contributed by atoms with Crippen molar-refractivity contribution in [3.8, 4) is 5.69 Å². The lowest BCUT2D eigenvalue weighted by molar-refractivity contribution is -0.117. The Morgan fingerprint density at radius 2 is 2.10 bits per heavy atom. The van der Waals surface area contributed by atoms with Crippen molar-refractivity contribution in [2.24, 2.45) is 0 Å². The van der Waals surface area contributed by atoms with Gasteiger partial charge in [-0.25, -0.2) is 14.5 Å². The van der Waals surface area contributed by atoms with Crippen LogP contribution in [-0.2, 0) is 4.79 Å². The van der Waals surface area contributed by atoms with E-state index in [1.165, 1.54) is 10.9 Å². The zero-order chi connectivity index (χ0) is 21.1. The predicted octanol–water partition coefficient (Wildman–Crippen LogP) is 2.62. The number of carbonyl (C=O) groups is 2. The first-order chi connectivity index (χ1) is 14.5. The number of thioether (sulfide) groups is 1. The highest BCUT2D eigenvalue weighted by molar-refractivity contribution is 7.99. The van der Waals surface area contributed by atoms with E-state index in [2.05, 4.69) is 25.7 Å². The molecule has 156 valence electrons. The SMILES string of the molecule is O=C(CSc1nc2c(cnn2-c2cccc(Cl)c2)c(=O)[nH]1)NC(=O)NC1CCCC1. The first kappa shape index (κ1) is 20.4. The van der Waals surface area contributed by atoms with Gasteiger partial charge in [0.25, 0.3) is 5.56 Å². The van der Waals surface area contributed by atoms with Crippen molar-refractivity contribution < 1.29 is 9.59 Å². The van der Waals surface area contributed by atoms with Crippen LogP contribution in [-0.4, -0.2) is 43.5 Å². The molecule has 2 aromatic heterocycles. The molecule has 0 radical (unpaired) electrons. The van der Waals surface area contributed by atoms with E-state index >= 15 is 0 Å². The molecule has 0 atom stereocenters. The van der Waals surface area contributed by atoms with Crippen LogP contribution in [0.15, 0.2) is 40.4 Å². The number of hydrogen-bond acceptors (Lipinski definition) is 6. The van der Waals surface area contributed by atoms with Crippen molar-refractivity contribution in [3.05, 3.63) is 45.8 Å². The molecule has 30 heavy (non-hydrogen) atoms. The molecule has 0 saturated heterocycles. The van der Waals surface area contributed by atoms with Crippen LogP contribution in [0.3, 0.4) is 0 Å². The van der Waals surface area contributed by atoms with Gasteiger partial charge in [-0.15, -0.1) is 0 Å². The largest absolute Gasteiger partial charge is 0.335 e. The van der Waals surface area contributed by atoms with Crippen molar-refractivity contribution in [2.45, 2.75) is 36.9 Å². The van der Waals surface area contributed by atoms with Gasteiger partial charge < -0.3 is 10.3 Å². The monoisotopic (exact) mass is 446 g/mol. The topological polar surface area (TPSA) is 122 Å². The van der Waals surface area contributed by atoms with Crippen LogP contribution in [0, 0.1) is 0 Å². The molecule has 1 saturated carbocycles. The van der Waals surface area contributed by atoms with E-state index in [1.54, 1.807) is 24.3 Å². The number of carbonyl (C=O) groups excluding carboxylic acids is 2. The van der Waals surface area contributed by atoms with Gasteiger partial charge in [0, 0.05) is 11.1 Å². The third-order valence-electron chi connectivity index (χ3n) is 4.75. The number of benzene rings is 1. The number of imide groups is 1. The molecule has 2 heterocycles. The Bertz CT molecular complexity index is 1150. The third-order valence-corrected chi connectivity index (χ3v) is 5.86. The van der Waals surface area contributed by atoms with Crippen molar-refractivity contribution in [3.63, 3.8) is 0 Å². The number of H-pyrrole nitrogens is 1. The predicted molar refractivity (Wildman–Crippen MR) is 114 cm³/mol. The van der Waals surface area contributed by atoms with Gasteiger partial charge in [0.05, 0.1) is 17.6 Å². The minimum absolute atomic E-state index is 0.0716. The number of halogens is 1. The Morgan fingerprint density at radius 3 is 2.87 bits per heavy atom. The first-order valence-electron chi connectivity index (χ1n) is 9.47. The van der Waals surface area contributed by atoms with Crippen LogP contribution in [0.1, 0.15) is 25.7 Å². The summed E-state index contributed by atoms with van der Waals surface area (Å²) in [6.45, 7) is 0. The molecule has 3 aromatic rings. The second kappa shape index (κ2) is 8.88. The molecule has 0 unspecified atom stereocenters. The van der Waals surface area contributed by atoms with Gasteiger partial charge in [-0.1, -0.05) is 42.3 Å². The molecule has 0 spiro atoms. The van der Waals surface area contributed by atoms with Crippen LogP contribution in [0.2, 0.25) is 5.02 Å². The molecular weight excluding hydrogens is 428 g/mol. The fraction of sp³-hybridized carbons (Fsp3) is 0.316. The summed E-state index contributed by atoms with van der Waals surface area (Å²) in [5, 5.41) is 10.4. The van der Waals surface area contributed by atoms with Crippen LogP contribution in [0.25, 0.3) is 16.7 Å². The van der Waals surface area contributed by atoms with Crippen molar-refractivity contribution >= 4 is 46.3 Å². The fourth-order valence-corrected chi connectivity index (χ4v) is 4.19. The standard InChI is InChI=1S/C19H19ClN6O3S/c20-11-4-3-7-13(8-11)26-16-14(9-21-26)17(28)25-19(24-16)30-10-15(27)23-18(29)22-12-5-1-2-6-12/h3-4,7-9,12H,1-2,5-6,10H2,(H,24,25,28)(H2,22,23,27,29). The van der Waals surface area contributed by atoms with Crippen LogP contribution in [0.4, 0.5) is 4.79 Å². The van der Waals surface area contributed by atoms with Gasteiger partial charge in [0.2, 0.25) is 5.91 Å². The van der Waals surface area contributed by atoms with E-state index in [9.17, 15) is 14.4 Å². The normalized spacial score (nSPS) is 14.2. The maximum atomic E-state index is 12.4. The Hall–Kier alpha value is -2.85. The maximum absolute atomic E-state index is 12.4. The van der Waals surface area contributed by atoms with E-state index in [4.69, 9.17) is 11.6 Å². The summed E-state index contributed by atoms with van der Waals surface area (Å²) in [6, 6.07) is 6.64. The summed E-state index contributed by atoms with van der Waals surface area (Å²) >= 11 is 7.07. The molecule has 0 aliphatic heterocycles. The summed E-state index contributed by atoms with van der Waals surface area (Å²) in [4.78, 5) is 43.4. The number of urea groups is 1. The molecule has 1 aromatic carbocycles. The molecule has 11 heteroatoms. The van der Waals surface area contributed by atoms with E-state index in [0.29, 0.717) is 21.7 Å². The van der Waals surface area contributed by atoms with Gasteiger partial charge in [-0.05, 0) is 31.0 Å². The van der Waals surface area contributed by atoms with Gasteiger partial charge >= 0.3 is 6.03 Å². The molecular formula is C19H19ClN6O3S. The molecule has 1 aliphatic carbocycles. The Balaban J connectivity index is 1.45. The van der Waals surface area contributed by atoms with Gasteiger partial charge in [0.15, 0.2) is 10.8 Å². The average molecular weight is 447 g/mol. The number of nitrogens with one attached hydrogen (secondary N) is 3. The second-order valence-electron chi connectivity index (χ2n) is 6.94. The quantitative estimate of drug-likeness (QED) is 0.409. The van der Waals surface area contributed by atoms with Gasteiger partial charge in [-0.3, -0.25) is 14.9 Å². The number of rotatable bonds is 5. The third kappa shape index (κ3) is 4.65. The highest BCUT2D eigenvalue weighted by Gasteiger charge is 2.18. The van der Waals surface area contributed by atoms with Crippen LogP contribution < -0.4 is 16.2 Å². The number of nitrogens with zero attached hydrogens (tertiary/aromatic N) is 3. The molecule has 4 rings (SSSR count). The summed E-state index contributed by atoms with van der Waals surface area (Å²) in [5.74, 6) is -0.542. The van der Waals surface area contributed by atoms with E-state index < -0.39 is 11.9 Å². The minimum atomic E-state index is -0.497. The lowest BCUT2D eigenvalue weighted by Gasteiger charge is -2.12. The van der Waals surface area contributed by atoms with Crippen LogP contribution >= 0.6 is 23.4 Å². The first-order valence-corrected chi connectivity index (χ1v) is 10.8. The number of aromatic nitrogens is 4. The molecule has 9 nitrogen and oxygen atoms in total. The fourth-order valence-electron chi connectivity index (χ4n) is 3.35. The molecule has 3 amide bonds. The van der Waals surface area contributed by atoms with Crippen molar-refractivity contribution in [2.75, 3.05) is 5.75 Å². The summed E-state index contributed by atoms with van der Waals surface area (Å²) in [6.07, 6.45) is 5.46. The van der Waals surface area contributed by atoms with Crippen molar-refractivity contribution in [1.82, 2.24) is 30.4 Å². The Kier molecular flexibility index (Phi) is 6.05. The smallest absolute Gasteiger partial charge is 0.321 e. The summed E-state index contributed by atoms with van der Waals surface area (Å²) in [5.41, 5.74) is 0.644. The number of hydrogen-bond donors (Lipinski definition) is 3. The van der Waals surface area contributed by atoms with E-state index in [1.807, 2.05) is 0 Å². The Morgan fingerprint density at radius 1 is 1.30 bits per heavy atom. The highest BCUT2D eigenvalue weighted by Crippen LogP contribution is 2.20. The zero-order valence-electron chi connectivity index (χ0n) is 15.9. The Labute approximate surface area is 180 Å². The van der Waals surface area contributed by atoms with E-state index in [0.717, 1.165) is 37.4 Å². The average Bonchev–Trinajstić information content (AvgIpc) is 3.36.